The number of nitrogens with zero attached hydrogens (tertiary/aromatic N) is 1. The molecule has 0 fully saturated rings. The maximum Gasteiger partial charge on any atom is 0.336 e. The van der Waals surface area contributed by atoms with E-state index < -0.39 is 5.97 Å². The lowest BCUT2D eigenvalue weighted by Crippen LogP contribution is -2.27. The molecule has 18 heavy (non-hydrogen) atoms. The highest BCUT2D eigenvalue weighted by Gasteiger charge is 2.21. The average molecular weight is 307 g/mol. The van der Waals surface area contributed by atoms with Crippen molar-refractivity contribution in [1.29, 1.82) is 0 Å². The van der Waals surface area contributed by atoms with E-state index in [9.17, 15) is 9.90 Å². The van der Waals surface area contributed by atoms with E-state index in [0.717, 1.165) is 34.2 Å². The molecule has 92 valence electrons. The van der Waals surface area contributed by atoms with Gasteiger partial charge in [-0.15, -0.1) is 0 Å². The molecule has 0 saturated carbocycles. The van der Waals surface area contributed by atoms with Crippen molar-refractivity contribution in [2.24, 2.45) is 0 Å². The summed E-state index contributed by atoms with van der Waals surface area (Å²) < 4.78 is 0.910. The molecule has 4 nitrogen and oxygen atoms in total. The number of carbonyl (C=O) groups is 1. The molecule has 2 aromatic rings. The van der Waals surface area contributed by atoms with E-state index in [1.807, 2.05) is 18.2 Å². The van der Waals surface area contributed by atoms with Gasteiger partial charge in [0.05, 0.1) is 11.1 Å². The Kier molecular flexibility index (Phi) is 2.80. The fourth-order valence-corrected chi connectivity index (χ4v) is 2.74. The Bertz CT molecular complexity index is 655. The highest BCUT2D eigenvalue weighted by atomic mass is 79.9. The van der Waals surface area contributed by atoms with Gasteiger partial charge in [0.15, 0.2) is 0 Å². The molecule has 5 heteroatoms. The standard InChI is InChI=1S/C13H11BrN2O2/c14-7-1-2-8-11(5-7)16-10-3-4-15-6-9(10)12(8)13(17)18/h1-2,5,15H,3-4,6H2,(H,17,18). The maximum absolute atomic E-state index is 11.5. The number of aromatic nitrogens is 1. The van der Waals surface area contributed by atoms with Gasteiger partial charge in [-0.1, -0.05) is 22.0 Å². The van der Waals surface area contributed by atoms with E-state index >= 15 is 0 Å². The third-order valence-corrected chi connectivity index (χ3v) is 3.68. The van der Waals surface area contributed by atoms with E-state index in [0.29, 0.717) is 17.5 Å². The van der Waals surface area contributed by atoms with Crippen molar-refractivity contribution in [2.45, 2.75) is 13.0 Å². The molecule has 0 radical (unpaired) electrons. The molecule has 0 aliphatic carbocycles. The van der Waals surface area contributed by atoms with Crippen molar-refractivity contribution in [3.63, 3.8) is 0 Å². The van der Waals surface area contributed by atoms with Crippen LogP contribution in [0.5, 0.6) is 0 Å². The van der Waals surface area contributed by atoms with Crippen LogP contribution in [0.3, 0.4) is 0 Å². The molecule has 2 N–H and O–H groups in total. The summed E-state index contributed by atoms with van der Waals surface area (Å²) in [6.45, 7) is 1.43. The lowest BCUT2D eigenvalue weighted by Gasteiger charge is -2.19. The molecule has 1 aliphatic rings. The zero-order chi connectivity index (χ0) is 12.7. The summed E-state index contributed by atoms with van der Waals surface area (Å²) in [6, 6.07) is 5.52. The number of fused-ring (bicyclic) bond motifs is 2. The zero-order valence-corrected chi connectivity index (χ0v) is 11.1. The largest absolute Gasteiger partial charge is 0.478 e. The molecule has 0 saturated heterocycles. The quantitative estimate of drug-likeness (QED) is 0.849. The molecule has 0 unspecified atom stereocenters. The Morgan fingerprint density at radius 1 is 1.44 bits per heavy atom. The number of rotatable bonds is 1. The second-order valence-electron chi connectivity index (χ2n) is 4.31. The first-order valence-corrected chi connectivity index (χ1v) is 6.51. The van der Waals surface area contributed by atoms with Crippen LogP contribution in [0.25, 0.3) is 10.9 Å². The van der Waals surface area contributed by atoms with E-state index in [1.165, 1.54) is 0 Å². The van der Waals surface area contributed by atoms with E-state index in [-0.39, 0.29) is 0 Å². The molecule has 1 aromatic carbocycles. The van der Waals surface area contributed by atoms with Gasteiger partial charge in [-0.2, -0.15) is 0 Å². The first-order chi connectivity index (χ1) is 8.66. The number of aromatic carboxylic acids is 1. The molecule has 3 rings (SSSR count). The normalized spacial score (nSPS) is 14.5. The Hall–Kier alpha value is -1.46. The maximum atomic E-state index is 11.5. The monoisotopic (exact) mass is 306 g/mol. The van der Waals surface area contributed by atoms with Gasteiger partial charge >= 0.3 is 5.97 Å². The third-order valence-electron chi connectivity index (χ3n) is 3.19. The summed E-state index contributed by atoms with van der Waals surface area (Å²) in [7, 11) is 0. The number of carboxylic acid groups (broad SMARTS) is 1. The van der Waals surface area contributed by atoms with Gasteiger partial charge in [0.2, 0.25) is 0 Å². The summed E-state index contributed by atoms with van der Waals surface area (Å²) in [5.74, 6) is -0.885. The number of halogens is 1. The molecule has 0 amide bonds. The molecule has 1 aromatic heterocycles. The highest BCUT2D eigenvalue weighted by molar-refractivity contribution is 9.10. The summed E-state index contributed by atoms with van der Waals surface area (Å²) in [5, 5.41) is 13.3. The van der Waals surface area contributed by atoms with Crippen molar-refractivity contribution < 1.29 is 9.90 Å². The summed E-state index contributed by atoms with van der Waals surface area (Å²) >= 11 is 3.39. The number of carboxylic acids is 1. The average Bonchev–Trinajstić information content (AvgIpc) is 2.35. The summed E-state index contributed by atoms with van der Waals surface area (Å²) in [6.07, 6.45) is 0.776. The first kappa shape index (κ1) is 11.6. The zero-order valence-electron chi connectivity index (χ0n) is 9.53. The van der Waals surface area contributed by atoms with Crippen LogP contribution in [0.1, 0.15) is 21.6 Å². The SMILES string of the molecule is O=C(O)c1c2c(nc3cc(Br)ccc13)CCNC2. The van der Waals surface area contributed by atoms with Gasteiger partial charge in [-0.05, 0) is 12.1 Å². The predicted molar refractivity (Wildman–Crippen MR) is 71.8 cm³/mol. The van der Waals surface area contributed by atoms with Crippen molar-refractivity contribution >= 4 is 32.8 Å². The van der Waals surface area contributed by atoms with E-state index in [4.69, 9.17) is 0 Å². The minimum Gasteiger partial charge on any atom is -0.478 e. The molecule has 0 atom stereocenters. The summed E-state index contributed by atoms with van der Waals surface area (Å²) in [4.78, 5) is 16.1. The van der Waals surface area contributed by atoms with E-state index in [2.05, 4.69) is 26.2 Å². The van der Waals surface area contributed by atoms with Crippen LogP contribution in [0, 0.1) is 0 Å². The fourth-order valence-electron chi connectivity index (χ4n) is 2.39. The van der Waals surface area contributed by atoms with Crippen molar-refractivity contribution in [3.8, 4) is 0 Å². The van der Waals surface area contributed by atoms with Gasteiger partial charge in [0, 0.05) is 40.6 Å². The third kappa shape index (κ3) is 1.79. The van der Waals surface area contributed by atoms with Crippen LogP contribution < -0.4 is 5.32 Å². The van der Waals surface area contributed by atoms with Crippen molar-refractivity contribution in [2.75, 3.05) is 6.54 Å². The predicted octanol–water partition coefficient (Wildman–Crippen LogP) is 2.34. The van der Waals surface area contributed by atoms with Gasteiger partial charge in [0.1, 0.15) is 0 Å². The molecular formula is C13H11BrN2O2. The van der Waals surface area contributed by atoms with Crippen molar-refractivity contribution in [1.82, 2.24) is 10.3 Å². The van der Waals surface area contributed by atoms with Gasteiger partial charge in [0.25, 0.3) is 0 Å². The van der Waals surface area contributed by atoms with Crippen LogP contribution in [-0.2, 0) is 13.0 Å². The van der Waals surface area contributed by atoms with E-state index in [1.54, 1.807) is 0 Å². The number of hydrogen-bond donors (Lipinski definition) is 2. The minimum absolute atomic E-state index is 0.384. The Labute approximate surface area is 112 Å². The highest BCUT2D eigenvalue weighted by Crippen LogP contribution is 2.27. The Morgan fingerprint density at radius 3 is 3.06 bits per heavy atom. The van der Waals surface area contributed by atoms with Crippen LogP contribution >= 0.6 is 15.9 Å². The number of benzene rings is 1. The van der Waals surface area contributed by atoms with Crippen LogP contribution in [-0.4, -0.2) is 22.6 Å². The smallest absolute Gasteiger partial charge is 0.336 e. The lowest BCUT2D eigenvalue weighted by atomic mass is 9.97. The van der Waals surface area contributed by atoms with Gasteiger partial charge < -0.3 is 10.4 Å². The van der Waals surface area contributed by atoms with Crippen LogP contribution in [0.4, 0.5) is 0 Å². The fraction of sp³-hybridized carbons (Fsp3) is 0.231. The van der Waals surface area contributed by atoms with Crippen molar-refractivity contribution in [3.05, 3.63) is 39.5 Å². The minimum atomic E-state index is -0.885. The number of nitrogens with one attached hydrogen (secondary N) is 1. The first-order valence-electron chi connectivity index (χ1n) is 5.72. The molecule has 1 aliphatic heterocycles. The molecule has 0 spiro atoms. The Morgan fingerprint density at radius 2 is 2.28 bits per heavy atom. The molecule has 0 bridgehead atoms. The van der Waals surface area contributed by atoms with Crippen LogP contribution in [0.2, 0.25) is 0 Å². The summed E-state index contributed by atoms with van der Waals surface area (Å²) in [5.41, 5.74) is 2.84. The Balaban J connectivity index is 2.40. The molecular weight excluding hydrogens is 296 g/mol. The molecule has 2 heterocycles. The van der Waals surface area contributed by atoms with Gasteiger partial charge in [-0.3, -0.25) is 4.98 Å². The number of hydrogen-bond acceptors (Lipinski definition) is 3. The van der Waals surface area contributed by atoms with Gasteiger partial charge in [-0.25, -0.2) is 4.79 Å². The lowest BCUT2D eigenvalue weighted by molar-refractivity contribution is 0.0697. The second-order valence-corrected chi connectivity index (χ2v) is 5.22. The topological polar surface area (TPSA) is 62.2 Å². The van der Waals surface area contributed by atoms with Crippen LogP contribution in [0.15, 0.2) is 22.7 Å². The second kappa shape index (κ2) is 4.33. The number of pyridine rings is 1.